The molecule has 0 aliphatic carbocycles. The second-order valence-electron chi connectivity index (χ2n) is 2.68. The van der Waals surface area contributed by atoms with E-state index in [-0.39, 0.29) is 0 Å². The fourth-order valence-corrected chi connectivity index (χ4v) is 1.03. The summed E-state index contributed by atoms with van der Waals surface area (Å²) in [5, 5.41) is 4.20. The number of hydrogen-bond donors (Lipinski definition) is 0. The Hall–Kier alpha value is -1.31. The lowest BCUT2D eigenvalue weighted by molar-refractivity contribution is 0.908. The van der Waals surface area contributed by atoms with Crippen LogP contribution in [0.5, 0.6) is 0 Å². The highest BCUT2D eigenvalue weighted by Gasteiger charge is 1.95. The smallest absolute Gasteiger partial charge is 0.0599 e. The standard InChI is InChI=1S/C10H14N2/c1-4-6-10(5-2)12-8-9(3)7-11-12/h4-8H,1-3H3/b6-4-,10-5+. The molecule has 1 heterocycles. The van der Waals surface area contributed by atoms with E-state index in [2.05, 4.69) is 5.10 Å². The van der Waals surface area contributed by atoms with Crippen LogP contribution in [0.2, 0.25) is 0 Å². The Labute approximate surface area is 73.2 Å². The van der Waals surface area contributed by atoms with Gasteiger partial charge in [0.25, 0.3) is 0 Å². The normalized spacial score (nSPS) is 12.8. The molecule has 1 aromatic heterocycles. The average Bonchev–Trinajstić information content (AvgIpc) is 2.47. The molecule has 0 amide bonds. The Balaban J connectivity index is 2.96. The molecule has 1 rings (SSSR count). The molecule has 0 saturated carbocycles. The second kappa shape index (κ2) is 3.90. The van der Waals surface area contributed by atoms with E-state index in [4.69, 9.17) is 0 Å². The summed E-state index contributed by atoms with van der Waals surface area (Å²) in [5.74, 6) is 0. The van der Waals surface area contributed by atoms with Crippen LogP contribution in [0.25, 0.3) is 5.70 Å². The van der Waals surface area contributed by atoms with Gasteiger partial charge in [0.15, 0.2) is 0 Å². The van der Waals surface area contributed by atoms with Crippen LogP contribution in [0, 0.1) is 6.92 Å². The van der Waals surface area contributed by atoms with Crippen molar-refractivity contribution in [1.29, 1.82) is 0 Å². The first-order chi connectivity index (χ1) is 5.77. The molecule has 0 atom stereocenters. The van der Waals surface area contributed by atoms with Crippen LogP contribution in [-0.4, -0.2) is 9.78 Å². The largest absolute Gasteiger partial charge is 0.241 e. The van der Waals surface area contributed by atoms with E-state index in [1.807, 2.05) is 56.1 Å². The zero-order valence-electron chi connectivity index (χ0n) is 7.78. The molecule has 0 aliphatic heterocycles. The molecule has 12 heavy (non-hydrogen) atoms. The SMILES string of the molecule is C/C=C\C(=C/C)n1cc(C)cn1. The molecule has 0 saturated heterocycles. The van der Waals surface area contributed by atoms with Crippen molar-refractivity contribution in [2.75, 3.05) is 0 Å². The second-order valence-corrected chi connectivity index (χ2v) is 2.68. The van der Waals surface area contributed by atoms with Crippen molar-refractivity contribution in [1.82, 2.24) is 9.78 Å². The lowest BCUT2D eigenvalue weighted by Crippen LogP contribution is -1.93. The highest BCUT2D eigenvalue weighted by atomic mass is 15.3. The van der Waals surface area contributed by atoms with E-state index < -0.39 is 0 Å². The van der Waals surface area contributed by atoms with Gasteiger partial charge in [-0.3, -0.25) is 0 Å². The van der Waals surface area contributed by atoms with Crippen molar-refractivity contribution in [3.63, 3.8) is 0 Å². The number of aromatic nitrogens is 2. The van der Waals surface area contributed by atoms with Gasteiger partial charge in [-0.1, -0.05) is 12.2 Å². The maximum Gasteiger partial charge on any atom is 0.0599 e. The van der Waals surface area contributed by atoms with Crippen molar-refractivity contribution in [3.8, 4) is 0 Å². The summed E-state index contributed by atoms with van der Waals surface area (Å²) in [4.78, 5) is 0. The lowest BCUT2D eigenvalue weighted by Gasteiger charge is -1.99. The Morgan fingerprint density at radius 1 is 1.50 bits per heavy atom. The zero-order valence-corrected chi connectivity index (χ0v) is 7.78. The van der Waals surface area contributed by atoms with Crippen molar-refractivity contribution >= 4 is 5.70 Å². The van der Waals surface area contributed by atoms with E-state index in [9.17, 15) is 0 Å². The van der Waals surface area contributed by atoms with Gasteiger partial charge in [-0.05, 0) is 32.4 Å². The van der Waals surface area contributed by atoms with Gasteiger partial charge in [0, 0.05) is 6.20 Å². The number of allylic oxidation sites excluding steroid dienone is 4. The summed E-state index contributed by atoms with van der Waals surface area (Å²) in [5.41, 5.74) is 2.28. The van der Waals surface area contributed by atoms with Crippen LogP contribution in [0.3, 0.4) is 0 Å². The first-order valence-electron chi connectivity index (χ1n) is 4.08. The van der Waals surface area contributed by atoms with E-state index in [1.54, 1.807) is 0 Å². The summed E-state index contributed by atoms with van der Waals surface area (Å²) >= 11 is 0. The predicted molar refractivity (Wildman–Crippen MR) is 51.7 cm³/mol. The van der Waals surface area contributed by atoms with Crippen molar-refractivity contribution in [2.24, 2.45) is 0 Å². The van der Waals surface area contributed by atoms with Gasteiger partial charge in [0.2, 0.25) is 0 Å². The molecule has 0 bridgehead atoms. The van der Waals surface area contributed by atoms with Crippen molar-refractivity contribution in [3.05, 3.63) is 36.2 Å². The lowest BCUT2D eigenvalue weighted by atomic mass is 10.3. The van der Waals surface area contributed by atoms with Gasteiger partial charge in [0.1, 0.15) is 0 Å². The van der Waals surface area contributed by atoms with Gasteiger partial charge < -0.3 is 0 Å². The first-order valence-corrected chi connectivity index (χ1v) is 4.08. The number of aryl methyl sites for hydroxylation is 1. The van der Waals surface area contributed by atoms with Gasteiger partial charge in [-0.25, -0.2) is 4.68 Å². The highest BCUT2D eigenvalue weighted by molar-refractivity contribution is 5.55. The summed E-state index contributed by atoms with van der Waals surface area (Å²) in [6.45, 7) is 6.04. The molecule has 2 nitrogen and oxygen atoms in total. The molecule has 0 radical (unpaired) electrons. The number of rotatable bonds is 2. The van der Waals surface area contributed by atoms with E-state index >= 15 is 0 Å². The number of nitrogens with zero attached hydrogens (tertiary/aromatic N) is 2. The highest BCUT2D eigenvalue weighted by Crippen LogP contribution is 2.06. The third-order valence-electron chi connectivity index (χ3n) is 1.61. The Bertz CT molecular complexity index is 305. The van der Waals surface area contributed by atoms with Crippen molar-refractivity contribution in [2.45, 2.75) is 20.8 Å². The van der Waals surface area contributed by atoms with Gasteiger partial charge in [-0.15, -0.1) is 0 Å². The molecule has 0 spiro atoms. The van der Waals surface area contributed by atoms with Crippen molar-refractivity contribution < 1.29 is 0 Å². The average molecular weight is 162 g/mol. The minimum absolute atomic E-state index is 1.10. The molecular weight excluding hydrogens is 148 g/mol. The molecule has 0 aromatic carbocycles. The van der Waals surface area contributed by atoms with Gasteiger partial charge in [0.05, 0.1) is 11.9 Å². The van der Waals surface area contributed by atoms with E-state index in [1.165, 1.54) is 5.56 Å². The van der Waals surface area contributed by atoms with Crippen LogP contribution >= 0.6 is 0 Å². The minimum Gasteiger partial charge on any atom is -0.241 e. The zero-order chi connectivity index (χ0) is 8.97. The molecule has 2 heteroatoms. The van der Waals surface area contributed by atoms with Gasteiger partial charge in [-0.2, -0.15) is 5.10 Å². The molecule has 0 N–H and O–H groups in total. The fraction of sp³-hybridized carbons (Fsp3) is 0.300. The third kappa shape index (κ3) is 1.84. The minimum atomic E-state index is 1.10. The topological polar surface area (TPSA) is 17.8 Å². The van der Waals surface area contributed by atoms with E-state index in [0.717, 1.165) is 5.70 Å². The van der Waals surface area contributed by atoms with Gasteiger partial charge >= 0.3 is 0 Å². The first kappa shape index (κ1) is 8.78. The Morgan fingerprint density at radius 2 is 2.25 bits per heavy atom. The van der Waals surface area contributed by atoms with Crippen LogP contribution in [-0.2, 0) is 0 Å². The molecule has 64 valence electrons. The predicted octanol–water partition coefficient (Wildman–Crippen LogP) is 2.63. The molecule has 0 fully saturated rings. The fourth-order valence-electron chi connectivity index (χ4n) is 1.03. The quantitative estimate of drug-likeness (QED) is 0.611. The van der Waals surface area contributed by atoms with Crippen LogP contribution in [0.15, 0.2) is 30.6 Å². The summed E-state index contributed by atoms with van der Waals surface area (Å²) in [6.07, 6.45) is 9.94. The molecular formula is C10H14N2. The van der Waals surface area contributed by atoms with E-state index in [0.29, 0.717) is 0 Å². The summed E-state index contributed by atoms with van der Waals surface area (Å²) < 4.78 is 1.87. The molecule has 0 unspecified atom stereocenters. The van der Waals surface area contributed by atoms with Crippen LogP contribution < -0.4 is 0 Å². The summed E-state index contributed by atoms with van der Waals surface area (Å²) in [7, 11) is 0. The number of hydrogen-bond acceptors (Lipinski definition) is 1. The maximum absolute atomic E-state index is 4.20. The van der Waals surface area contributed by atoms with Crippen LogP contribution in [0.4, 0.5) is 0 Å². The maximum atomic E-state index is 4.20. The third-order valence-corrected chi connectivity index (χ3v) is 1.61. The molecule has 0 aliphatic rings. The Kier molecular flexibility index (Phi) is 2.86. The molecule has 1 aromatic rings. The monoisotopic (exact) mass is 162 g/mol. The summed E-state index contributed by atoms with van der Waals surface area (Å²) in [6, 6.07) is 0. The van der Waals surface area contributed by atoms with Crippen LogP contribution in [0.1, 0.15) is 19.4 Å². The Morgan fingerprint density at radius 3 is 2.67 bits per heavy atom.